The Morgan fingerprint density at radius 1 is 0.935 bits per heavy atom. The van der Waals surface area contributed by atoms with Crippen molar-refractivity contribution in [3.63, 3.8) is 0 Å². The van der Waals surface area contributed by atoms with Crippen LogP contribution >= 0.6 is 0 Å². The Hall–Kier alpha value is -1.56. The lowest BCUT2D eigenvalue weighted by Gasteiger charge is -2.59. The highest BCUT2D eigenvalue weighted by atomic mass is 14.6. The molecule has 0 nitrogen and oxygen atoms in total. The smallest absolute Gasteiger partial charge is 0.00105 e. The minimum Gasteiger partial charge on any atom is -0.0622 e. The summed E-state index contributed by atoms with van der Waals surface area (Å²) in [5.74, 6) is 2.64. The van der Waals surface area contributed by atoms with Gasteiger partial charge < -0.3 is 0 Å². The molecule has 2 saturated carbocycles. The monoisotopic (exact) mass is 414 g/mol. The summed E-state index contributed by atoms with van der Waals surface area (Å²) in [5, 5.41) is 0. The van der Waals surface area contributed by atoms with Crippen molar-refractivity contribution in [3.05, 3.63) is 58.1 Å². The molecule has 0 spiro atoms. The van der Waals surface area contributed by atoms with Crippen LogP contribution in [0.5, 0.6) is 0 Å². The molecule has 0 bridgehead atoms. The van der Waals surface area contributed by atoms with Gasteiger partial charge in [-0.05, 0) is 120 Å². The molecule has 0 heteroatoms. The molecule has 0 saturated heterocycles. The molecular weight excluding hydrogens is 372 g/mol. The molecule has 0 aromatic heterocycles. The van der Waals surface area contributed by atoms with Crippen LogP contribution in [0.1, 0.15) is 94.0 Å². The van der Waals surface area contributed by atoms with Crippen LogP contribution in [-0.4, -0.2) is 0 Å². The SMILES string of the molecule is Cc1ccc2c(c1CCC1C(C)CCC3C(C)(C)CCCC13C)Cc1cccc(C)c1-2. The molecule has 0 N–H and O–H groups in total. The fraction of sp³-hybridized carbons (Fsp3) is 0.613. The minimum absolute atomic E-state index is 0.522. The van der Waals surface area contributed by atoms with Crippen LogP contribution in [0.25, 0.3) is 11.1 Å². The average molecular weight is 415 g/mol. The summed E-state index contributed by atoms with van der Waals surface area (Å²) in [5.41, 5.74) is 11.9. The highest BCUT2D eigenvalue weighted by molar-refractivity contribution is 5.81. The molecule has 2 aromatic rings. The number of benzene rings is 2. The zero-order valence-electron chi connectivity index (χ0n) is 20.8. The first-order chi connectivity index (χ1) is 14.7. The molecule has 0 heterocycles. The Morgan fingerprint density at radius 2 is 1.74 bits per heavy atom. The Labute approximate surface area is 190 Å². The summed E-state index contributed by atoms with van der Waals surface area (Å²) in [6.07, 6.45) is 11.0. The van der Waals surface area contributed by atoms with Crippen molar-refractivity contribution in [3.8, 4) is 11.1 Å². The maximum absolute atomic E-state index is 2.68. The lowest BCUT2D eigenvalue weighted by Crippen LogP contribution is -2.51. The van der Waals surface area contributed by atoms with Crippen LogP contribution in [0.2, 0.25) is 0 Å². The van der Waals surface area contributed by atoms with Crippen molar-refractivity contribution in [1.29, 1.82) is 0 Å². The number of aryl methyl sites for hydroxylation is 2. The standard InChI is InChI=1S/C31H42/c1-20-11-13-25-26(19-23-10-7-9-22(3)29(23)25)24(20)14-15-27-21(2)12-16-28-30(4,5)17-8-18-31(27,28)6/h7,9-11,13,21,27-28H,8,12,14-19H2,1-6H3. The van der Waals surface area contributed by atoms with Gasteiger partial charge in [0.15, 0.2) is 0 Å². The van der Waals surface area contributed by atoms with Crippen molar-refractivity contribution in [2.45, 2.75) is 92.9 Å². The van der Waals surface area contributed by atoms with Gasteiger partial charge in [-0.2, -0.15) is 0 Å². The molecule has 2 aromatic carbocycles. The molecule has 0 aliphatic heterocycles. The van der Waals surface area contributed by atoms with E-state index in [9.17, 15) is 0 Å². The van der Waals surface area contributed by atoms with Gasteiger partial charge in [-0.15, -0.1) is 0 Å². The molecule has 4 atom stereocenters. The second kappa shape index (κ2) is 7.50. The summed E-state index contributed by atoms with van der Waals surface area (Å²) in [6.45, 7) is 15.0. The van der Waals surface area contributed by atoms with Crippen LogP contribution in [0.4, 0.5) is 0 Å². The molecule has 0 amide bonds. The summed E-state index contributed by atoms with van der Waals surface area (Å²) in [6, 6.07) is 11.7. The van der Waals surface area contributed by atoms with Crippen LogP contribution in [0.3, 0.4) is 0 Å². The fourth-order valence-electron chi connectivity index (χ4n) is 8.57. The third-order valence-electron chi connectivity index (χ3n) is 10.1. The third kappa shape index (κ3) is 3.32. The maximum Gasteiger partial charge on any atom is -0.00105 e. The number of rotatable bonds is 3. The van der Waals surface area contributed by atoms with E-state index in [1.54, 1.807) is 11.1 Å². The lowest BCUT2D eigenvalue weighted by atomic mass is 9.46. The Morgan fingerprint density at radius 3 is 2.55 bits per heavy atom. The van der Waals surface area contributed by atoms with Gasteiger partial charge in [0.1, 0.15) is 0 Å². The van der Waals surface area contributed by atoms with Gasteiger partial charge in [0.2, 0.25) is 0 Å². The molecule has 31 heavy (non-hydrogen) atoms. The van der Waals surface area contributed by atoms with E-state index in [0.717, 1.165) is 24.2 Å². The minimum atomic E-state index is 0.522. The van der Waals surface area contributed by atoms with Gasteiger partial charge in [-0.25, -0.2) is 0 Å². The van der Waals surface area contributed by atoms with E-state index in [2.05, 4.69) is 71.9 Å². The van der Waals surface area contributed by atoms with E-state index in [1.807, 2.05) is 0 Å². The molecule has 0 radical (unpaired) electrons. The average Bonchev–Trinajstić information content (AvgIpc) is 3.08. The van der Waals surface area contributed by atoms with E-state index in [0.29, 0.717) is 10.8 Å². The fourth-order valence-corrected chi connectivity index (χ4v) is 8.57. The third-order valence-corrected chi connectivity index (χ3v) is 10.1. The molecule has 3 aliphatic carbocycles. The highest BCUT2D eigenvalue weighted by Gasteiger charge is 2.53. The van der Waals surface area contributed by atoms with Gasteiger partial charge >= 0.3 is 0 Å². The van der Waals surface area contributed by atoms with E-state index in [1.165, 1.54) is 72.8 Å². The molecule has 2 fully saturated rings. The Bertz CT molecular complexity index is 993. The molecule has 4 unspecified atom stereocenters. The molecule has 3 aliphatic rings. The van der Waals surface area contributed by atoms with E-state index in [4.69, 9.17) is 0 Å². The summed E-state index contributed by atoms with van der Waals surface area (Å²) in [4.78, 5) is 0. The van der Waals surface area contributed by atoms with Gasteiger partial charge in [0.05, 0.1) is 0 Å². The zero-order valence-corrected chi connectivity index (χ0v) is 20.8. The highest BCUT2D eigenvalue weighted by Crippen LogP contribution is 2.62. The number of hydrogen-bond donors (Lipinski definition) is 0. The van der Waals surface area contributed by atoms with Crippen molar-refractivity contribution < 1.29 is 0 Å². The zero-order chi connectivity index (χ0) is 22.0. The second-order valence-electron chi connectivity index (χ2n) is 12.3. The maximum atomic E-state index is 2.68. The van der Waals surface area contributed by atoms with Gasteiger partial charge in [-0.3, -0.25) is 0 Å². The lowest BCUT2D eigenvalue weighted by molar-refractivity contribution is -0.0957. The van der Waals surface area contributed by atoms with Crippen molar-refractivity contribution in [2.75, 3.05) is 0 Å². The van der Waals surface area contributed by atoms with E-state index >= 15 is 0 Å². The van der Waals surface area contributed by atoms with Gasteiger partial charge in [0.25, 0.3) is 0 Å². The number of fused-ring (bicyclic) bond motifs is 4. The van der Waals surface area contributed by atoms with Gasteiger partial charge in [0, 0.05) is 0 Å². The van der Waals surface area contributed by atoms with E-state index < -0.39 is 0 Å². The van der Waals surface area contributed by atoms with Crippen LogP contribution in [-0.2, 0) is 12.8 Å². The van der Waals surface area contributed by atoms with Gasteiger partial charge in [-0.1, -0.05) is 70.9 Å². The molecule has 166 valence electrons. The summed E-state index contributed by atoms with van der Waals surface area (Å²) in [7, 11) is 0. The van der Waals surface area contributed by atoms with Crippen molar-refractivity contribution in [2.24, 2.45) is 28.6 Å². The Kier molecular flexibility index (Phi) is 5.15. The van der Waals surface area contributed by atoms with Crippen LogP contribution < -0.4 is 0 Å². The second-order valence-corrected chi connectivity index (χ2v) is 12.3. The van der Waals surface area contributed by atoms with Crippen molar-refractivity contribution in [1.82, 2.24) is 0 Å². The van der Waals surface area contributed by atoms with Crippen molar-refractivity contribution >= 4 is 0 Å². The quantitative estimate of drug-likeness (QED) is 0.402. The van der Waals surface area contributed by atoms with Crippen LogP contribution in [0, 0.1) is 42.4 Å². The topological polar surface area (TPSA) is 0 Å². The molecular formula is C31H42. The number of hydrogen-bond acceptors (Lipinski definition) is 0. The predicted molar refractivity (Wildman–Crippen MR) is 134 cm³/mol. The normalized spacial score (nSPS) is 31.1. The largest absolute Gasteiger partial charge is 0.0622 e. The Balaban J connectivity index is 1.45. The summed E-state index contributed by atoms with van der Waals surface area (Å²) >= 11 is 0. The van der Waals surface area contributed by atoms with Crippen LogP contribution in [0.15, 0.2) is 30.3 Å². The summed E-state index contributed by atoms with van der Waals surface area (Å²) < 4.78 is 0. The first-order valence-electron chi connectivity index (χ1n) is 12.9. The molecule has 5 rings (SSSR count). The predicted octanol–water partition coefficient (Wildman–Crippen LogP) is 8.69. The first kappa shape index (κ1) is 21.3. The van der Waals surface area contributed by atoms with E-state index in [-0.39, 0.29) is 0 Å². The first-order valence-corrected chi connectivity index (χ1v) is 12.9.